The molecule has 2 aromatic heterocycles. The number of likely N-dealkylation sites (N-methyl/N-ethyl adjacent to an activating group) is 1. The molecule has 1 saturated carbocycles. The number of hydrogen-bond acceptors (Lipinski definition) is 7. The fourth-order valence-electron chi connectivity index (χ4n) is 3.67. The van der Waals surface area contributed by atoms with Gasteiger partial charge in [0.25, 0.3) is 5.56 Å². The van der Waals surface area contributed by atoms with Crippen molar-refractivity contribution >= 4 is 11.6 Å². The zero-order chi connectivity index (χ0) is 21.8. The average Bonchev–Trinajstić information content (AvgIpc) is 3.57. The van der Waals surface area contributed by atoms with Crippen LogP contribution < -0.4 is 20.5 Å². The van der Waals surface area contributed by atoms with Crippen LogP contribution in [0.3, 0.4) is 0 Å². The number of methoxy groups -OCH3 is 1. The molecule has 3 heterocycles. The quantitative estimate of drug-likeness (QED) is 0.580. The lowest BCUT2D eigenvalue weighted by Gasteiger charge is -2.46. The minimum absolute atomic E-state index is 0.00797. The number of aromatic nitrogens is 3. The van der Waals surface area contributed by atoms with E-state index in [9.17, 15) is 9.59 Å². The van der Waals surface area contributed by atoms with Crippen LogP contribution in [0.5, 0.6) is 6.01 Å². The van der Waals surface area contributed by atoms with E-state index >= 15 is 0 Å². The van der Waals surface area contributed by atoms with Crippen molar-refractivity contribution in [2.75, 3.05) is 45.2 Å². The fraction of sp³-hybridized carbons (Fsp3) is 0.455. The first-order valence-electron chi connectivity index (χ1n) is 10.6. The van der Waals surface area contributed by atoms with Crippen molar-refractivity contribution in [3.8, 4) is 17.3 Å². The number of rotatable bonds is 9. The van der Waals surface area contributed by atoms with Gasteiger partial charge in [-0.15, -0.1) is 0 Å². The van der Waals surface area contributed by atoms with Crippen LogP contribution in [0.15, 0.2) is 41.5 Å². The highest BCUT2D eigenvalue weighted by atomic mass is 16.5. The van der Waals surface area contributed by atoms with E-state index in [0.29, 0.717) is 36.9 Å². The Hall–Kier alpha value is -3.20. The highest BCUT2D eigenvalue weighted by Crippen LogP contribution is 2.33. The van der Waals surface area contributed by atoms with Crippen LogP contribution in [-0.2, 0) is 4.79 Å². The average molecular weight is 425 g/mol. The molecule has 0 spiro atoms. The number of nitrogens with zero attached hydrogens (tertiary/aromatic N) is 4. The first-order chi connectivity index (χ1) is 15.1. The van der Waals surface area contributed by atoms with Crippen molar-refractivity contribution in [3.63, 3.8) is 0 Å². The van der Waals surface area contributed by atoms with Crippen LogP contribution in [0.1, 0.15) is 12.8 Å². The van der Waals surface area contributed by atoms with Gasteiger partial charge in [-0.2, -0.15) is 4.98 Å². The number of amides is 1. The molecule has 1 aliphatic carbocycles. The van der Waals surface area contributed by atoms with Crippen LogP contribution in [0.25, 0.3) is 11.3 Å². The minimum Gasteiger partial charge on any atom is -0.467 e. The van der Waals surface area contributed by atoms with Crippen molar-refractivity contribution < 1.29 is 9.53 Å². The maximum Gasteiger partial charge on any atom is 0.316 e. The van der Waals surface area contributed by atoms with Gasteiger partial charge in [0.1, 0.15) is 5.69 Å². The first kappa shape index (κ1) is 21.0. The highest BCUT2D eigenvalue weighted by molar-refractivity contribution is 5.88. The van der Waals surface area contributed by atoms with Crippen LogP contribution in [0.4, 0.5) is 5.69 Å². The number of anilines is 1. The van der Waals surface area contributed by atoms with Gasteiger partial charge in [0, 0.05) is 50.2 Å². The Balaban J connectivity index is 1.54. The summed E-state index contributed by atoms with van der Waals surface area (Å²) >= 11 is 0. The van der Waals surface area contributed by atoms with Crippen molar-refractivity contribution in [3.05, 3.63) is 47.0 Å². The summed E-state index contributed by atoms with van der Waals surface area (Å²) < 4.78 is 5.12. The number of likely N-dealkylation sites (tertiary alicyclic amines) is 1. The van der Waals surface area contributed by atoms with Crippen LogP contribution in [0, 0.1) is 5.92 Å². The zero-order valence-corrected chi connectivity index (χ0v) is 17.9. The maximum absolute atomic E-state index is 12.8. The van der Waals surface area contributed by atoms with Crippen LogP contribution >= 0.6 is 0 Å². The summed E-state index contributed by atoms with van der Waals surface area (Å²) in [6.07, 6.45) is 9.07. The normalized spacial score (nSPS) is 16.4. The topological polar surface area (TPSA) is 103 Å². The Morgan fingerprint density at radius 1 is 1.42 bits per heavy atom. The second-order valence-corrected chi connectivity index (χ2v) is 7.98. The molecular weight excluding hydrogens is 396 g/mol. The van der Waals surface area contributed by atoms with Gasteiger partial charge in [0.15, 0.2) is 0 Å². The fourth-order valence-corrected chi connectivity index (χ4v) is 3.67. The monoisotopic (exact) mass is 424 g/mol. The SMILES string of the molecule is CNC/C=C/C(=O)N1CC(N(CC2CC2)c2cc(-c3ccnc(OC)n3)c[nH]c2=O)C1. The first-order valence-corrected chi connectivity index (χ1v) is 10.6. The molecule has 31 heavy (non-hydrogen) atoms. The molecule has 1 saturated heterocycles. The van der Waals surface area contributed by atoms with Crippen molar-refractivity contribution in [2.24, 2.45) is 5.92 Å². The molecule has 1 aliphatic heterocycles. The number of pyridine rings is 1. The molecule has 2 N–H and O–H groups in total. The summed E-state index contributed by atoms with van der Waals surface area (Å²) in [5, 5.41) is 2.99. The van der Waals surface area contributed by atoms with Gasteiger partial charge in [0.2, 0.25) is 5.91 Å². The molecular formula is C22H28N6O3. The second-order valence-electron chi connectivity index (χ2n) is 7.98. The van der Waals surface area contributed by atoms with E-state index in [1.165, 1.54) is 20.0 Å². The standard InChI is InChI=1S/C22H28N6O3/c1-23-8-3-4-20(29)27-13-17(14-27)28(12-15-5-6-15)19-10-16(11-25-21(19)30)18-7-9-24-22(26-18)31-2/h3-4,7,9-11,15,17,23H,5-6,8,12-14H2,1-2H3,(H,25,30)/b4-3+. The van der Waals surface area contributed by atoms with Gasteiger partial charge in [-0.05, 0) is 37.9 Å². The maximum atomic E-state index is 12.8. The third kappa shape index (κ3) is 4.93. The molecule has 0 aromatic carbocycles. The number of ether oxygens (including phenoxy) is 1. The summed E-state index contributed by atoms with van der Waals surface area (Å²) in [6.45, 7) is 2.70. The Kier molecular flexibility index (Phi) is 6.31. The number of carbonyl (C=O) groups excluding carboxylic acids is 1. The van der Waals surface area contributed by atoms with Crippen LogP contribution in [0.2, 0.25) is 0 Å². The summed E-state index contributed by atoms with van der Waals surface area (Å²) in [5.74, 6) is 0.607. The summed E-state index contributed by atoms with van der Waals surface area (Å²) in [7, 11) is 3.36. The molecule has 164 valence electrons. The molecule has 4 rings (SSSR count). The number of carbonyl (C=O) groups is 1. The lowest BCUT2D eigenvalue weighted by atomic mass is 10.0. The number of H-pyrrole nitrogens is 1. The van der Waals surface area contributed by atoms with E-state index in [0.717, 1.165) is 12.1 Å². The largest absolute Gasteiger partial charge is 0.467 e. The van der Waals surface area contributed by atoms with E-state index < -0.39 is 0 Å². The number of aromatic amines is 1. The molecule has 2 aromatic rings. The Morgan fingerprint density at radius 3 is 2.94 bits per heavy atom. The van der Waals surface area contributed by atoms with Gasteiger partial charge in [-0.25, -0.2) is 4.98 Å². The predicted octanol–water partition coefficient (Wildman–Crippen LogP) is 1.04. The molecule has 0 atom stereocenters. The smallest absolute Gasteiger partial charge is 0.316 e. The molecule has 9 nitrogen and oxygen atoms in total. The van der Waals surface area contributed by atoms with Crippen LogP contribution in [-0.4, -0.2) is 72.1 Å². The van der Waals surface area contributed by atoms with E-state index in [2.05, 4.69) is 25.2 Å². The summed E-state index contributed by atoms with van der Waals surface area (Å²) in [5.41, 5.74) is 1.95. The van der Waals surface area contributed by atoms with Gasteiger partial charge in [-0.3, -0.25) is 9.59 Å². The molecule has 0 unspecified atom stereocenters. The van der Waals surface area contributed by atoms with Crippen molar-refractivity contribution in [1.82, 2.24) is 25.2 Å². The molecule has 9 heteroatoms. The Morgan fingerprint density at radius 2 is 2.23 bits per heavy atom. The molecule has 2 fully saturated rings. The zero-order valence-electron chi connectivity index (χ0n) is 17.9. The molecule has 2 aliphatic rings. The Bertz CT molecular complexity index is 1010. The lowest BCUT2D eigenvalue weighted by molar-refractivity contribution is -0.130. The minimum atomic E-state index is -0.135. The van der Waals surface area contributed by atoms with E-state index in [-0.39, 0.29) is 23.5 Å². The summed E-state index contributed by atoms with van der Waals surface area (Å²) in [4.78, 5) is 40.3. The van der Waals surface area contributed by atoms with E-state index in [1.807, 2.05) is 24.1 Å². The van der Waals surface area contributed by atoms with Gasteiger partial charge in [0.05, 0.1) is 18.8 Å². The van der Waals surface area contributed by atoms with Crippen molar-refractivity contribution in [1.29, 1.82) is 0 Å². The molecule has 0 bridgehead atoms. The van der Waals surface area contributed by atoms with Gasteiger partial charge < -0.3 is 24.8 Å². The predicted molar refractivity (Wildman–Crippen MR) is 118 cm³/mol. The molecule has 1 amide bonds. The summed E-state index contributed by atoms with van der Waals surface area (Å²) in [6, 6.07) is 4.06. The highest BCUT2D eigenvalue weighted by Gasteiger charge is 2.37. The van der Waals surface area contributed by atoms with Gasteiger partial charge >= 0.3 is 6.01 Å². The Labute approximate surface area is 181 Å². The third-order valence-corrected chi connectivity index (χ3v) is 5.65. The lowest BCUT2D eigenvalue weighted by Crippen LogP contribution is -2.62. The van der Waals surface area contributed by atoms with Crippen molar-refractivity contribution in [2.45, 2.75) is 18.9 Å². The number of nitrogens with one attached hydrogen (secondary N) is 2. The third-order valence-electron chi connectivity index (χ3n) is 5.65. The van der Waals surface area contributed by atoms with E-state index in [1.54, 1.807) is 24.5 Å². The van der Waals surface area contributed by atoms with E-state index in [4.69, 9.17) is 4.74 Å². The van der Waals surface area contributed by atoms with Gasteiger partial charge in [-0.1, -0.05) is 6.08 Å². The number of hydrogen-bond donors (Lipinski definition) is 2. The second kappa shape index (κ2) is 9.30. The molecule has 0 radical (unpaired) electrons.